The number of carbonyl (C=O) groups excluding carboxylic acids is 1. The van der Waals surface area contributed by atoms with Crippen LogP contribution in [0.1, 0.15) is 34.5 Å². The highest BCUT2D eigenvalue weighted by atomic mass is 16.1. The van der Waals surface area contributed by atoms with Gasteiger partial charge >= 0.3 is 0 Å². The second-order valence-corrected chi connectivity index (χ2v) is 5.58. The Bertz CT molecular complexity index is 639. The van der Waals surface area contributed by atoms with Crippen molar-refractivity contribution in [2.45, 2.75) is 33.9 Å². The molecule has 0 aliphatic heterocycles. The molecule has 2 aromatic rings. The summed E-state index contributed by atoms with van der Waals surface area (Å²) in [6.07, 6.45) is 3.69. The van der Waals surface area contributed by atoms with Crippen LogP contribution in [0.3, 0.4) is 0 Å². The summed E-state index contributed by atoms with van der Waals surface area (Å²) >= 11 is 0. The summed E-state index contributed by atoms with van der Waals surface area (Å²) in [5, 5.41) is 0. The lowest BCUT2D eigenvalue weighted by Crippen LogP contribution is -2.27. The molecule has 0 aliphatic carbocycles. The normalized spacial score (nSPS) is 11.3. The van der Waals surface area contributed by atoms with Crippen molar-refractivity contribution < 1.29 is 4.79 Å². The van der Waals surface area contributed by atoms with Gasteiger partial charge in [0, 0.05) is 42.9 Å². The van der Waals surface area contributed by atoms with Crippen molar-refractivity contribution in [1.29, 1.82) is 0 Å². The summed E-state index contributed by atoms with van der Waals surface area (Å²) < 4.78 is 4.15. The predicted octanol–water partition coefficient (Wildman–Crippen LogP) is 2.17. The highest BCUT2D eigenvalue weighted by Crippen LogP contribution is 2.16. The maximum absolute atomic E-state index is 12.5. The van der Waals surface area contributed by atoms with Gasteiger partial charge in [-0.05, 0) is 33.9 Å². The number of hydrogen-bond acceptors (Lipinski definition) is 3. The smallest absolute Gasteiger partial charge is 0.178 e. The van der Waals surface area contributed by atoms with E-state index in [0.29, 0.717) is 13.1 Å². The zero-order chi connectivity index (χ0) is 15.6. The topological polar surface area (TPSA) is 43.1 Å². The quantitative estimate of drug-likeness (QED) is 0.765. The van der Waals surface area contributed by atoms with Gasteiger partial charge in [-0.1, -0.05) is 0 Å². The van der Waals surface area contributed by atoms with Gasteiger partial charge in [-0.15, -0.1) is 0 Å². The van der Waals surface area contributed by atoms with E-state index in [-0.39, 0.29) is 5.78 Å². The molecule has 5 heteroatoms. The van der Waals surface area contributed by atoms with Crippen LogP contribution in [0, 0.1) is 13.8 Å². The molecule has 0 radical (unpaired) electrons. The standard InChI is InChI=1S/C16H24N4O/c1-6-20-12(2)9-14(13(20)3)15(21)10-18(4)11-16-17-7-8-19(16)5/h7-9H,6,10-11H2,1-5H3. The van der Waals surface area contributed by atoms with E-state index < -0.39 is 0 Å². The van der Waals surface area contributed by atoms with Gasteiger partial charge in [0.15, 0.2) is 5.78 Å². The van der Waals surface area contributed by atoms with E-state index in [1.165, 1.54) is 0 Å². The van der Waals surface area contributed by atoms with Crippen LogP contribution in [-0.2, 0) is 20.1 Å². The Morgan fingerprint density at radius 1 is 1.38 bits per heavy atom. The molecule has 5 nitrogen and oxygen atoms in total. The van der Waals surface area contributed by atoms with Crippen molar-refractivity contribution in [3.05, 3.63) is 41.2 Å². The Hall–Kier alpha value is -1.88. The molecular weight excluding hydrogens is 264 g/mol. The summed E-state index contributed by atoms with van der Waals surface area (Å²) in [5.74, 6) is 1.13. The third kappa shape index (κ3) is 3.24. The molecule has 2 aromatic heterocycles. The Kier molecular flexibility index (Phi) is 4.63. The molecule has 2 rings (SSSR count). The number of aryl methyl sites for hydroxylation is 2. The molecule has 0 unspecified atom stereocenters. The summed E-state index contributed by atoms with van der Waals surface area (Å²) in [7, 11) is 3.92. The Balaban J connectivity index is 2.06. The summed E-state index contributed by atoms with van der Waals surface area (Å²) in [6, 6.07) is 2.00. The van der Waals surface area contributed by atoms with Gasteiger partial charge in [-0.2, -0.15) is 0 Å². The minimum Gasteiger partial charge on any atom is -0.349 e. The molecule has 0 spiro atoms. The number of imidazole rings is 1. The monoisotopic (exact) mass is 288 g/mol. The van der Waals surface area contributed by atoms with Crippen LogP contribution in [0.4, 0.5) is 0 Å². The maximum atomic E-state index is 12.5. The minimum absolute atomic E-state index is 0.166. The molecule has 0 atom stereocenters. The second-order valence-electron chi connectivity index (χ2n) is 5.58. The number of nitrogens with zero attached hydrogens (tertiary/aromatic N) is 4. The molecule has 21 heavy (non-hydrogen) atoms. The van der Waals surface area contributed by atoms with Gasteiger partial charge in [0.2, 0.25) is 0 Å². The Labute approximate surface area is 126 Å². The number of likely N-dealkylation sites (N-methyl/N-ethyl adjacent to an activating group) is 1. The highest BCUT2D eigenvalue weighted by Gasteiger charge is 2.17. The van der Waals surface area contributed by atoms with Gasteiger partial charge in [-0.25, -0.2) is 4.98 Å². The second kappa shape index (κ2) is 6.26. The van der Waals surface area contributed by atoms with Gasteiger partial charge in [0.1, 0.15) is 5.82 Å². The number of Topliss-reactive ketones (excluding diaryl/α,β-unsaturated/α-hetero) is 1. The lowest BCUT2D eigenvalue weighted by atomic mass is 10.1. The molecular formula is C16H24N4O. The highest BCUT2D eigenvalue weighted by molar-refractivity contribution is 5.99. The first kappa shape index (κ1) is 15.5. The van der Waals surface area contributed by atoms with E-state index in [2.05, 4.69) is 16.5 Å². The first-order chi connectivity index (χ1) is 9.93. The summed E-state index contributed by atoms with van der Waals surface area (Å²) in [5.41, 5.74) is 3.04. The van der Waals surface area contributed by atoms with Crippen LogP contribution in [0.2, 0.25) is 0 Å². The molecule has 0 N–H and O–H groups in total. The molecule has 0 aliphatic rings. The average molecular weight is 288 g/mol. The molecule has 114 valence electrons. The van der Waals surface area contributed by atoms with Gasteiger partial charge in [0.05, 0.1) is 13.1 Å². The van der Waals surface area contributed by atoms with Gasteiger partial charge in [-0.3, -0.25) is 9.69 Å². The number of hydrogen-bond donors (Lipinski definition) is 0. The van der Waals surface area contributed by atoms with Crippen molar-refractivity contribution in [1.82, 2.24) is 19.0 Å². The predicted molar refractivity (Wildman–Crippen MR) is 83.5 cm³/mol. The van der Waals surface area contributed by atoms with Crippen molar-refractivity contribution in [2.24, 2.45) is 7.05 Å². The average Bonchev–Trinajstić information content (AvgIpc) is 2.93. The fourth-order valence-electron chi connectivity index (χ4n) is 2.75. The van der Waals surface area contributed by atoms with E-state index in [0.717, 1.165) is 29.3 Å². The lowest BCUT2D eigenvalue weighted by Gasteiger charge is -2.15. The van der Waals surface area contributed by atoms with Gasteiger partial charge in [0.25, 0.3) is 0 Å². The van der Waals surface area contributed by atoms with E-state index in [4.69, 9.17) is 0 Å². The van der Waals surface area contributed by atoms with Crippen molar-refractivity contribution in [3.8, 4) is 0 Å². The van der Waals surface area contributed by atoms with E-state index in [1.807, 2.05) is 49.7 Å². The fourth-order valence-corrected chi connectivity index (χ4v) is 2.75. The number of ketones is 1. The lowest BCUT2D eigenvalue weighted by molar-refractivity contribution is 0.0940. The zero-order valence-corrected chi connectivity index (χ0v) is 13.6. The van der Waals surface area contributed by atoms with Crippen LogP contribution in [-0.4, -0.2) is 38.4 Å². The van der Waals surface area contributed by atoms with E-state index in [9.17, 15) is 4.79 Å². The maximum Gasteiger partial charge on any atom is 0.178 e. The first-order valence-corrected chi connectivity index (χ1v) is 7.28. The van der Waals surface area contributed by atoms with Crippen LogP contribution in [0.15, 0.2) is 18.5 Å². The molecule has 0 fully saturated rings. The first-order valence-electron chi connectivity index (χ1n) is 7.28. The van der Waals surface area contributed by atoms with Gasteiger partial charge < -0.3 is 9.13 Å². The van der Waals surface area contributed by atoms with Crippen LogP contribution >= 0.6 is 0 Å². The number of carbonyl (C=O) groups is 1. The fraction of sp³-hybridized carbons (Fsp3) is 0.500. The van der Waals surface area contributed by atoms with Crippen LogP contribution in [0.5, 0.6) is 0 Å². The molecule has 0 aromatic carbocycles. The minimum atomic E-state index is 0.166. The summed E-state index contributed by atoms with van der Waals surface area (Å²) in [6.45, 7) is 8.13. The SMILES string of the molecule is CCn1c(C)cc(C(=O)CN(C)Cc2nccn2C)c1C. The third-order valence-electron chi connectivity index (χ3n) is 3.94. The van der Waals surface area contributed by atoms with E-state index in [1.54, 1.807) is 6.20 Å². The Morgan fingerprint density at radius 2 is 2.10 bits per heavy atom. The third-order valence-corrected chi connectivity index (χ3v) is 3.94. The van der Waals surface area contributed by atoms with Crippen molar-refractivity contribution in [3.63, 3.8) is 0 Å². The molecule has 0 saturated heterocycles. The zero-order valence-electron chi connectivity index (χ0n) is 13.6. The molecule has 0 amide bonds. The van der Waals surface area contributed by atoms with Crippen molar-refractivity contribution >= 4 is 5.78 Å². The van der Waals surface area contributed by atoms with Crippen LogP contribution < -0.4 is 0 Å². The van der Waals surface area contributed by atoms with Crippen molar-refractivity contribution in [2.75, 3.05) is 13.6 Å². The largest absolute Gasteiger partial charge is 0.349 e. The number of rotatable bonds is 6. The molecule has 2 heterocycles. The Morgan fingerprint density at radius 3 is 2.62 bits per heavy atom. The molecule has 0 bridgehead atoms. The number of aromatic nitrogens is 3. The van der Waals surface area contributed by atoms with E-state index >= 15 is 0 Å². The van der Waals surface area contributed by atoms with Crippen LogP contribution in [0.25, 0.3) is 0 Å². The summed E-state index contributed by atoms with van der Waals surface area (Å²) in [4.78, 5) is 18.8. The molecule has 0 saturated carbocycles.